The minimum Gasteiger partial charge on any atom is -0.423 e. The Balaban J connectivity index is 2.40. The molecule has 0 aromatic heterocycles. The molecule has 1 aromatic rings. The molecule has 1 aromatic carbocycles. The predicted octanol–water partition coefficient (Wildman–Crippen LogP) is 1.74. The molecule has 0 unspecified atom stereocenters. The molecule has 0 aliphatic carbocycles. The molecule has 0 atom stereocenters. The molecule has 0 saturated heterocycles. The van der Waals surface area contributed by atoms with Gasteiger partial charge < -0.3 is 9.64 Å². The number of hydrogen-bond donors (Lipinski definition) is 0. The number of para-hydroxylation sites is 1. The van der Waals surface area contributed by atoms with E-state index in [1.807, 2.05) is 13.0 Å². The van der Waals surface area contributed by atoms with E-state index in [1.165, 1.54) is 0 Å². The van der Waals surface area contributed by atoms with E-state index in [1.54, 1.807) is 17.0 Å². The second kappa shape index (κ2) is 4.75. The molecule has 1 amide bonds. The number of nitrogens with zero attached hydrogens (tertiary/aromatic N) is 1. The molecule has 4 nitrogen and oxygen atoms in total. The van der Waals surface area contributed by atoms with Gasteiger partial charge in [-0.25, -0.2) is 0 Å². The summed E-state index contributed by atoms with van der Waals surface area (Å²) >= 11 is 5.40. The van der Waals surface area contributed by atoms with Crippen LogP contribution in [0.25, 0.3) is 0 Å². The van der Waals surface area contributed by atoms with Gasteiger partial charge in [0, 0.05) is 6.54 Å². The highest BCUT2D eigenvalue weighted by Gasteiger charge is 2.29. The van der Waals surface area contributed by atoms with Crippen molar-refractivity contribution < 1.29 is 14.3 Å². The number of fused-ring (bicyclic) bond motifs is 1. The number of halogens is 1. The Kier molecular flexibility index (Phi) is 3.33. The molecule has 1 heterocycles. The smallest absolute Gasteiger partial charge is 0.326 e. The molecule has 0 fully saturated rings. The number of hydrogen-bond acceptors (Lipinski definition) is 3. The van der Waals surface area contributed by atoms with Crippen molar-refractivity contribution in [2.75, 3.05) is 17.3 Å². The summed E-state index contributed by atoms with van der Waals surface area (Å²) in [4.78, 5) is 24.5. The van der Waals surface area contributed by atoms with Gasteiger partial charge in [0.15, 0.2) is 5.75 Å². The summed E-state index contributed by atoms with van der Waals surface area (Å²) in [5.74, 6) is -0.294. The van der Waals surface area contributed by atoms with E-state index in [4.69, 9.17) is 16.3 Å². The summed E-state index contributed by atoms with van der Waals surface area (Å²) in [7, 11) is 0. The highest BCUT2D eigenvalue weighted by molar-refractivity contribution is 6.26. The first-order valence-corrected chi connectivity index (χ1v) is 5.89. The molecule has 0 bridgehead atoms. The van der Waals surface area contributed by atoms with Crippen LogP contribution >= 0.6 is 11.6 Å². The topological polar surface area (TPSA) is 46.6 Å². The largest absolute Gasteiger partial charge is 0.423 e. The number of amides is 1. The third-order valence-corrected chi connectivity index (χ3v) is 2.86. The maximum atomic E-state index is 11.7. The molecule has 1 aliphatic heterocycles. The number of benzene rings is 1. The second-order valence-electron chi connectivity index (χ2n) is 3.69. The summed E-state index contributed by atoms with van der Waals surface area (Å²) in [5.41, 5.74) is 1.58. The summed E-state index contributed by atoms with van der Waals surface area (Å²) < 4.78 is 5.12. The molecule has 17 heavy (non-hydrogen) atoms. The number of rotatable bonds is 3. The van der Waals surface area contributed by atoms with Crippen LogP contribution in [0.3, 0.4) is 0 Å². The Bertz CT molecular complexity index is 473. The lowest BCUT2D eigenvalue weighted by Gasteiger charge is -2.17. The number of carbonyl (C=O) groups excluding carboxylic acids is 2. The molecule has 5 heteroatoms. The monoisotopic (exact) mass is 253 g/mol. The zero-order valence-electron chi connectivity index (χ0n) is 9.40. The van der Waals surface area contributed by atoms with E-state index in [2.05, 4.69) is 0 Å². The van der Waals surface area contributed by atoms with Crippen LogP contribution in [0.1, 0.15) is 12.5 Å². The fraction of sp³-hybridized carbons (Fsp3) is 0.333. The quantitative estimate of drug-likeness (QED) is 0.468. The van der Waals surface area contributed by atoms with Crippen LogP contribution in [0.2, 0.25) is 0 Å². The minimum absolute atomic E-state index is 0.0249. The molecule has 0 saturated carbocycles. The van der Waals surface area contributed by atoms with Gasteiger partial charge in [-0.2, -0.15) is 0 Å². The summed E-state index contributed by atoms with van der Waals surface area (Å²) in [5, 5.41) is 0. The lowest BCUT2D eigenvalue weighted by Crippen LogP contribution is -2.26. The van der Waals surface area contributed by atoms with Crippen LogP contribution < -0.4 is 9.64 Å². The lowest BCUT2D eigenvalue weighted by atomic mass is 10.1. The zero-order chi connectivity index (χ0) is 12.4. The van der Waals surface area contributed by atoms with Gasteiger partial charge in [0.2, 0.25) is 5.91 Å². The van der Waals surface area contributed by atoms with Crippen molar-refractivity contribution in [2.45, 2.75) is 13.3 Å². The molecular weight excluding hydrogens is 242 g/mol. The Hall–Kier alpha value is -1.55. The molecule has 0 radical (unpaired) electrons. The number of ether oxygens (including phenoxy) is 1. The van der Waals surface area contributed by atoms with Crippen LogP contribution in [0, 0.1) is 0 Å². The lowest BCUT2D eigenvalue weighted by molar-refractivity contribution is -0.131. The van der Waals surface area contributed by atoms with Crippen molar-refractivity contribution in [1.29, 1.82) is 0 Å². The van der Waals surface area contributed by atoms with Crippen LogP contribution in [0.4, 0.5) is 5.69 Å². The first-order valence-electron chi connectivity index (χ1n) is 5.36. The SMILES string of the molecule is CCN1C(=O)Cc2cccc(OC(=O)CCl)c21. The van der Waals surface area contributed by atoms with E-state index in [0.717, 1.165) is 5.56 Å². The van der Waals surface area contributed by atoms with E-state index in [0.29, 0.717) is 24.4 Å². The standard InChI is InChI=1S/C12H12ClNO3/c1-2-14-10(15)6-8-4-3-5-9(12(8)14)17-11(16)7-13/h3-5H,2,6-7H2,1H3. The molecule has 1 aliphatic rings. The Labute approximate surface area is 104 Å². The van der Waals surface area contributed by atoms with Crippen LogP contribution in [0.15, 0.2) is 18.2 Å². The van der Waals surface area contributed by atoms with Gasteiger partial charge in [-0.3, -0.25) is 9.59 Å². The highest BCUT2D eigenvalue weighted by atomic mass is 35.5. The summed E-state index contributed by atoms with van der Waals surface area (Å²) in [6.45, 7) is 2.44. The first kappa shape index (κ1) is 11.9. The predicted molar refractivity (Wildman–Crippen MR) is 64.5 cm³/mol. The fourth-order valence-electron chi connectivity index (χ4n) is 1.97. The number of esters is 1. The molecule has 2 rings (SSSR count). The number of anilines is 1. The van der Waals surface area contributed by atoms with Gasteiger partial charge in [-0.1, -0.05) is 12.1 Å². The van der Waals surface area contributed by atoms with Crippen molar-refractivity contribution >= 4 is 29.2 Å². The third kappa shape index (κ3) is 2.13. The summed E-state index contributed by atoms with van der Waals surface area (Å²) in [6.07, 6.45) is 0.357. The van der Waals surface area contributed by atoms with Gasteiger partial charge >= 0.3 is 5.97 Å². The first-order chi connectivity index (χ1) is 8.17. The van der Waals surface area contributed by atoms with Gasteiger partial charge in [0.25, 0.3) is 0 Å². The number of likely N-dealkylation sites (N-methyl/N-ethyl adjacent to an activating group) is 1. The van der Waals surface area contributed by atoms with Crippen molar-refractivity contribution in [2.24, 2.45) is 0 Å². The third-order valence-electron chi connectivity index (χ3n) is 2.64. The molecule has 0 N–H and O–H groups in total. The van der Waals surface area contributed by atoms with E-state index in [-0.39, 0.29) is 11.8 Å². The number of carbonyl (C=O) groups is 2. The molecule has 90 valence electrons. The highest BCUT2D eigenvalue weighted by Crippen LogP contribution is 2.37. The van der Waals surface area contributed by atoms with Crippen LogP contribution in [-0.4, -0.2) is 24.3 Å². The van der Waals surface area contributed by atoms with Crippen molar-refractivity contribution in [3.63, 3.8) is 0 Å². The normalized spacial score (nSPS) is 13.8. The Morgan fingerprint density at radius 1 is 1.53 bits per heavy atom. The van der Waals surface area contributed by atoms with Gasteiger partial charge in [0.1, 0.15) is 5.88 Å². The molecular formula is C12H12ClNO3. The van der Waals surface area contributed by atoms with Crippen molar-refractivity contribution in [3.05, 3.63) is 23.8 Å². The Morgan fingerprint density at radius 2 is 2.29 bits per heavy atom. The van der Waals surface area contributed by atoms with Crippen molar-refractivity contribution in [1.82, 2.24) is 0 Å². The summed E-state index contributed by atoms with van der Waals surface area (Å²) in [6, 6.07) is 5.30. The van der Waals surface area contributed by atoms with Gasteiger partial charge in [-0.05, 0) is 18.6 Å². The van der Waals surface area contributed by atoms with E-state index < -0.39 is 5.97 Å². The molecule has 0 spiro atoms. The van der Waals surface area contributed by atoms with E-state index in [9.17, 15) is 9.59 Å². The minimum atomic E-state index is -0.518. The van der Waals surface area contributed by atoms with Crippen LogP contribution in [0.5, 0.6) is 5.75 Å². The average molecular weight is 254 g/mol. The van der Waals surface area contributed by atoms with Crippen LogP contribution in [-0.2, 0) is 16.0 Å². The zero-order valence-corrected chi connectivity index (χ0v) is 10.2. The van der Waals surface area contributed by atoms with Gasteiger partial charge in [-0.15, -0.1) is 11.6 Å². The Morgan fingerprint density at radius 3 is 2.94 bits per heavy atom. The maximum absolute atomic E-state index is 11.7. The van der Waals surface area contributed by atoms with Crippen molar-refractivity contribution in [3.8, 4) is 5.75 Å². The van der Waals surface area contributed by atoms with E-state index >= 15 is 0 Å². The fourth-order valence-corrected chi connectivity index (χ4v) is 2.02. The number of alkyl halides is 1. The maximum Gasteiger partial charge on any atom is 0.326 e. The average Bonchev–Trinajstić information content (AvgIpc) is 2.65. The van der Waals surface area contributed by atoms with Gasteiger partial charge in [0.05, 0.1) is 12.1 Å². The second-order valence-corrected chi connectivity index (χ2v) is 3.95.